The van der Waals surface area contributed by atoms with Gasteiger partial charge in [-0.2, -0.15) is 0 Å². The van der Waals surface area contributed by atoms with Gasteiger partial charge in [-0.15, -0.1) is 0 Å². The Morgan fingerprint density at radius 3 is 2.23 bits per heavy atom. The normalized spacial score (nSPS) is 30.0. The fraction of sp³-hybridized carbons (Fsp3) is 0.432. The van der Waals surface area contributed by atoms with Crippen molar-refractivity contribution in [2.24, 2.45) is 5.92 Å². The summed E-state index contributed by atoms with van der Waals surface area (Å²) in [5.41, 5.74) is 0.116. The molecule has 0 saturated carbocycles. The zero-order valence-corrected chi connectivity index (χ0v) is 30.1. The van der Waals surface area contributed by atoms with E-state index in [1.807, 2.05) is 43.3 Å². The van der Waals surface area contributed by atoms with Crippen LogP contribution in [0.2, 0.25) is 18.6 Å². The molecule has 15 heteroatoms. The van der Waals surface area contributed by atoms with E-state index in [4.69, 9.17) is 9.47 Å². The fourth-order valence-corrected chi connectivity index (χ4v) is 10.5. The second-order valence-corrected chi connectivity index (χ2v) is 18.2. The molecule has 3 aliphatic rings. The number of para-hydroxylation sites is 1. The first kappa shape index (κ1) is 37.7. The minimum Gasteiger partial charge on any atom is -0.432 e. The molecular weight excluding hydrogens is 691 g/mol. The quantitative estimate of drug-likeness (QED) is 0.148. The zero-order chi connectivity index (χ0) is 37.5. The predicted molar refractivity (Wildman–Crippen MR) is 190 cm³/mol. The Balaban J connectivity index is 1.38. The first-order valence-electron chi connectivity index (χ1n) is 17.2. The maximum Gasteiger partial charge on any atom is 0.268 e. The number of amides is 3. The van der Waals surface area contributed by atoms with Crippen LogP contribution in [-0.2, 0) is 36.0 Å². The summed E-state index contributed by atoms with van der Waals surface area (Å²) in [7, 11) is -3.18. The highest BCUT2D eigenvalue weighted by molar-refractivity contribution is 6.71. The number of hydrogen-bond donors (Lipinski definition) is 7. The summed E-state index contributed by atoms with van der Waals surface area (Å²) in [6.07, 6.45) is -10.2. The topological polar surface area (TPSA) is 210 Å². The van der Waals surface area contributed by atoms with Crippen LogP contribution in [0.1, 0.15) is 24.5 Å². The molecule has 3 amide bonds. The molecule has 2 saturated heterocycles. The van der Waals surface area contributed by atoms with Gasteiger partial charge in [0.2, 0.25) is 5.91 Å². The Bertz CT molecular complexity index is 1780. The molecule has 0 radical (unpaired) electrons. The van der Waals surface area contributed by atoms with E-state index in [-0.39, 0.29) is 37.7 Å². The maximum absolute atomic E-state index is 14.9. The molecule has 2 fully saturated rings. The van der Waals surface area contributed by atoms with Crippen LogP contribution in [-0.4, -0.2) is 111 Å². The predicted octanol–water partition coefficient (Wildman–Crippen LogP) is 1.31. The zero-order valence-electron chi connectivity index (χ0n) is 29.1. The number of carbonyl (C=O) groups is 3. The second kappa shape index (κ2) is 14.8. The number of aliphatic hydroxyl groups is 5. The van der Waals surface area contributed by atoms with Gasteiger partial charge in [0.15, 0.2) is 26.3 Å². The number of hydrogen-bond acceptors (Lipinski definition) is 11. The van der Waals surface area contributed by atoms with Gasteiger partial charge in [0.1, 0.15) is 18.3 Å². The first-order valence-corrected chi connectivity index (χ1v) is 20.3. The van der Waals surface area contributed by atoms with Crippen molar-refractivity contribution >= 4 is 43.1 Å². The molecule has 14 nitrogen and oxygen atoms in total. The molecule has 3 aromatic rings. The van der Waals surface area contributed by atoms with E-state index in [1.165, 1.54) is 15.9 Å². The standard InChI is InChI=1S/C37H45N3O11Si/c1-21-33(52(2,3)49)27(19-28(42)39(16-17-41)20-22-10-6-4-7-11-22)51-37(21)25-18-23(38-34(46)32-30(44)29(43)31(45)35(47)50-32)14-15-26(25)40(36(37)48)24-12-8-5-9-13-24/h4-15,18,21,27,29-33,35,41,43-45,47,49H,16-17,19-20H2,1-3H3,(H,38,46)/t21-,27+,29-,30-,31+,32-,33-,35+,37+/m0/s1. The summed E-state index contributed by atoms with van der Waals surface area (Å²) < 4.78 is 11.9. The molecule has 278 valence electrons. The molecule has 7 N–H and O–H groups in total. The molecule has 0 aliphatic carbocycles. The van der Waals surface area contributed by atoms with Crippen LogP contribution in [0.5, 0.6) is 0 Å². The van der Waals surface area contributed by atoms with Crippen molar-refractivity contribution in [1.82, 2.24) is 4.90 Å². The number of anilines is 3. The van der Waals surface area contributed by atoms with Gasteiger partial charge >= 0.3 is 0 Å². The van der Waals surface area contributed by atoms with Crippen LogP contribution in [0.4, 0.5) is 17.1 Å². The van der Waals surface area contributed by atoms with E-state index < -0.39 is 74.0 Å². The molecule has 3 aliphatic heterocycles. The van der Waals surface area contributed by atoms with Gasteiger partial charge in [0.25, 0.3) is 11.8 Å². The number of rotatable bonds is 10. The van der Waals surface area contributed by atoms with Crippen molar-refractivity contribution in [1.29, 1.82) is 0 Å². The minimum atomic E-state index is -3.18. The molecule has 0 unspecified atom stereocenters. The van der Waals surface area contributed by atoms with E-state index >= 15 is 0 Å². The van der Waals surface area contributed by atoms with E-state index in [1.54, 1.807) is 49.5 Å². The van der Waals surface area contributed by atoms with Gasteiger partial charge in [-0.25, -0.2) is 0 Å². The Hall–Kier alpha value is -4.03. The molecular formula is C37H45N3O11Si. The molecule has 3 aromatic carbocycles. The Kier molecular flexibility index (Phi) is 10.7. The Morgan fingerprint density at radius 1 is 0.942 bits per heavy atom. The van der Waals surface area contributed by atoms with Gasteiger partial charge in [-0.05, 0) is 49.0 Å². The summed E-state index contributed by atoms with van der Waals surface area (Å²) >= 11 is 0. The van der Waals surface area contributed by atoms with Crippen molar-refractivity contribution in [2.45, 2.75) is 80.9 Å². The van der Waals surface area contributed by atoms with Crippen molar-refractivity contribution in [2.75, 3.05) is 23.4 Å². The minimum absolute atomic E-state index is 0.0742. The van der Waals surface area contributed by atoms with Gasteiger partial charge in [-0.1, -0.05) is 55.5 Å². The Morgan fingerprint density at radius 2 is 1.60 bits per heavy atom. The van der Waals surface area contributed by atoms with Crippen LogP contribution in [0.15, 0.2) is 78.9 Å². The van der Waals surface area contributed by atoms with E-state index in [0.717, 1.165) is 5.56 Å². The summed E-state index contributed by atoms with van der Waals surface area (Å²) in [4.78, 5) is 56.9. The second-order valence-electron chi connectivity index (χ2n) is 14.2. The van der Waals surface area contributed by atoms with E-state index in [9.17, 15) is 44.7 Å². The third-order valence-corrected chi connectivity index (χ3v) is 12.8. The summed E-state index contributed by atoms with van der Waals surface area (Å²) in [6, 6.07) is 23.0. The lowest BCUT2D eigenvalue weighted by atomic mass is 9.82. The number of fused-ring (bicyclic) bond motifs is 2. The van der Waals surface area contributed by atoms with E-state index in [2.05, 4.69) is 5.32 Å². The van der Waals surface area contributed by atoms with Crippen LogP contribution in [0, 0.1) is 5.92 Å². The van der Waals surface area contributed by atoms with E-state index in [0.29, 0.717) is 16.9 Å². The van der Waals surface area contributed by atoms with Crippen LogP contribution >= 0.6 is 0 Å². The molecule has 9 atom stereocenters. The SMILES string of the molecule is C[C@H]1[C@H]([Si](C)(C)O)[C@@H](CC(=O)N(CCO)Cc2ccccc2)O[C@]12C(=O)N(c1ccccc1)c1ccc(NC(=O)[C@H]3O[C@@H](O)[C@H](O)[C@@H](O)[C@@H]3O)cc12. The van der Waals surface area contributed by atoms with Gasteiger partial charge in [0, 0.05) is 41.5 Å². The highest BCUT2D eigenvalue weighted by atomic mass is 28.4. The summed E-state index contributed by atoms with van der Waals surface area (Å²) in [6.45, 7) is 5.36. The summed E-state index contributed by atoms with van der Waals surface area (Å²) in [5.74, 6) is -2.34. The van der Waals surface area contributed by atoms with Crippen molar-refractivity contribution in [3.63, 3.8) is 0 Å². The smallest absolute Gasteiger partial charge is 0.268 e. The molecule has 0 bridgehead atoms. The average molecular weight is 736 g/mol. The first-order chi connectivity index (χ1) is 24.7. The molecule has 52 heavy (non-hydrogen) atoms. The molecule has 0 aromatic heterocycles. The lowest BCUT2D eigenvalue weighted by Crippen LogP contribution is -2.60. The third kappa shape index (κ3) is 6.79. The van der Waals surface area contributed by atoms with Crippen molar-refractivity contribution < 1.29 is 54.2 Å². The molecule has 3 heterocycles. The van der Waals surface area contributed by atoms with Gasteiger partial charge in [0.05, 0.1) is 24.8 Å². The number of nitrogens with zero attached hydrogens (tertiary/aromatic N) is 2. The lowest BCUT2D eigenvalue weighted by molar-refractivity contribution is -0.274. The number of benzene rings is 3. The largest absolute Gasteiger partial charge is 0.432 e. The van der Waals surface area contributed by atoms with Crippen molar-refractivity contribution in [3.05, 3.63) is 90.0 Å². The Labute approximate surface area is 302 Å². The van der Waals surface area contributed by atoms with Gasteiger partial charge in [-0.3, -0.25) is 19.3 Å². The maximum atomic E-state index is 14.9. The van der Waals surface area contributed by atoms with Crippen LogP contribution in [0.25, 0.3) is 0 Å². The molecule has 6 rings (SSSR count). The van der Waals surface area contributed by atoms with Crippen molar-refractivity contribution in [3.8, 4) is 0 Å². The monoisotopic (exact) mass is 735 g/mol. The van der Waals surface area contributed by atoms with Gasteiger partial charge < -0.3 is 50.0 Å². The lowest BCUT2D eigenvalue weighted by Gasteiger charge is -2.37. The number of nitrogens with one attached hydrogen (secondary N) is 1. The highest BCUT2D eigenvalue weighted by Crippen LogP contribution is 2.61. The fourth-order valence-electron chi connectivity index (χ4n) is 7.92. The number of ether oxygens (including phenoxy) is 2. The number of carbonyl (C=O) groups excluding carboxylic acids is 3. The van der Waals surface area contributed by atoms with Crippen LogP contribution < -0.4 is 10.2 Å². The van der Waals surface area contributed by atoms with Crippen LogP contribution in [0.3, 0.4) is 0 Å². The number of aliphatic hydroxyl groups excluding tert-OH is 5. The molecule has 1 spiro atoms. The summed E-state index contributed by atoms with van der Waals surface area (Å²) in [5, 5.41) is 52.9. The average Bonchev–Trinajstić information content (AvgIpc) is 3.55. The third-order valence-electron chi connectivity index (χ3n) is 10.3. The highest BCUT2D eigenvalue weighted by Gasteiger charge is 2.67.